The van der Waals surface area contributed by atoms with Crippen molar-refractivity contribution in [2.45, 2.75) is 25.8 Å². The van der Waals surface area contributed by atoms with E-state index >= 15 is 0 Å². The van der Waals surface area contributed by atoms with Gasteiger partial charge in [0.25, 0.3) is 0 Å². The first kappa shape index (κ1) is 13.5. The van der Waals surface area contributed by atoms with Crippen LogP contribution < -0.4 is 10.6 Å². The molecule has 0 aliphatic rings. The Morgan fingerprint density at radius 1 is 1.32 bits per heavy atom. The molecule has 2 heterocycles. The van der Waals surface area contributed by atoms with Crippen molar-refractivity contribution in [1.82, 2.24) is 15.0 Å². The normalized spacial score (nSPS) is 11.6. The Hall–Kier alpha value is -1.88. The van der Waals surface area contributed by atoms with Gasteiger partial charge in [0.15, 0.2) is 0 Å². The van der Waals surface area contributed by atoms with E-state index in [2.05, 4.69) is 15.0 Å². The van der Waals surface area contributed by atoms with Crippen LogP contribution in [0.25, 0.3) is 11.3 Å². The number of nitrogens with zero attached hydrogens (tertiary/aromatic N) is 3. The Bertz CT molecular complexity index is 496. The standard InChI is InChI=1S/C14H21N5/c1-14(2,15)6-8-19(3)13-17-9-11(10-18-13)12-5-4-7-16-12/h4-5,7,9-10,16H,6,8,15H2,1-3H3. The summed E-state index contributed by atoms with van der Waals surface area (Å²) in [7, 11) is 1.98. The van der Waals surface area contributed by atoms with E-state index in [1.165, 1.54) is 0 Å². The highest BCUT2D eigenvalue weighted by molar-refractivity contribution is 5.57. The molecule has 0 amide bonds. The van der Waals surface area contributed by atoms with Crippen LogP contribution in [0.2, 0.25) is 0 Å². The van der Waals surface area contributed by atoms with E-state index in [1.807, 2.05) is 56.5 Å². The van der Waals surface area contributed by atoms with E-state index in [4.69, 9.17) is 5.73 Å². The molecule has 0 unspecified atom stereocenters. The highest BCUT2D eigenvalue weighted by Gasteiger charge is 2.13. The molecule has 0 saturated carbocycles. The number of hydrogen-bond acceptors (Lipinski definition) is 4. The molecule has 2 aromatic rings. The summed E-state index contributed by atoms with van der Waals surface area (Å²) in [4.78, 5) is 13.9. The van der Waals surface area contributed by atoms with Crippen LogP contribution in [-0.2, 0) is 0 Å². The molecule has 0 spiro atoms. The smallest absolute Gasteiger partial charge is 0.225 e. The second kappa shape index (κ2) is 5.40. The second-order valence-electron chi connectivity index (χ2n) is 5.52. The second-order valence-corrected chi connectivity index (χ2v) is 5.52. The maximum Gasteiger partial charge on any atom is 0.225 e. The molecule has 5 nitrogen and oxygen atoms in total. The lowest BCUT2D eigenvalue weighted by Crippen LogP contribution is -2.36. The van der Waals surface area contributed by atoms with Crippen molar-refractivity contribution in [2.24, 2.45) is 5.73 Å². The topological polar surface area (TPSA) is 70.8 Å². The third-order valence-corrected chi connectivity index (χ3v) is 2.98. The van der Waals surface area contributed by atoms with Crippen molar-refractivity contribution in [3.05, 3.63) is 30.7 Å². The zero-order chi connectivity index (χ0) is 13.9. The average Bonchev–Trinajstić information content (AvgIpc) is 2.89. The minimum Gasteiger partial charge on any atom is -0.361 e. The van der Waals surface area contributed by atoms with Crippen molar-refractivity contribution < 1.29 is 0 Å². The number of H-pyrrole nitrogens is 1. The molecule has 0 atom stereocenters. The number of rotatable bonds is 5. The zero-order valence-corrected chi connectivity index (χ0v) is 11.7. The van der Waals surface area contributed by atoms with Gasteiger partial charge in [-0.3, -0.25) is 0 Å². The molecule has 0 saturated heterocycles. The van der Waals surface area contributed by atoms with Gasteiger partial charge in [-0.25, -0.2) is 9.97 Å². The lowest BCUT2D eigenvalue weighted by atomic mass is 10.0. The molecule has 2 rings (SSSR count). The van der Waals surface area contributed by atoms with Crippen molar-refractivity contribution in [2.75, 3.05) is 18.5 Å². The van der Waals surface area contributed by atoms with E-state index in [-0.39, 0.29) is 5.54 Å². The molecule has 0 aliphatic carbocycles. The van der Waals surface area contributed by atoms with Gasteiger partial charge in [0.1, 0.15) is 0 Å². The Labute approximate surface area is 113 Å². The average molecular weight is 259 g/mol. The number of aromatic nitrogens is 3. The van der Waals surface area contributed by atoms with Crippen LogP contribution in [0.1, 0.15) is 20.3 Å². The molecule has 0 bridgehead atoms. The van der Waals surface area contributed by atoms with Gasteiger partial charge in [-0.15, -0.1) is 0 Å². The minimum atomic E-state index is -0.168. The van der Waals surface area contributed by atoms with E-state index in [9.17, 15) is 0 Å². The molecule has 0 aromatic carbocycles. The monoisotopic (exact) mass is 259 g/mol. The first-order valence-electron chi connectivity index (χ1n) is 6.41. The molecule has 0 radical (unpaired) electrons. The van der Waals surface area contributed by atoms with Crippen LogP contribution in [0.4, 0.5) is 5.95 Å². The lowest BCUT2D eigenvalue weighted by molar-refractivity contribution is 0.477. The molecular weight excluding hydrogens is 238 g/mol. The molecule has 3 N–H and O–H groups in total. The predicted octanol–water partition coefficient (Wildman–Crippen LogP) is 2.04. The van der Waals surface area contributed by atoms with E-state index in [0.717, 1.165) is 30.2 Å². The maximum absolute atomic E-state index is 5.98. The number of hydrogen-bond donors (Lipinski definition) is 2. The van der Waals surface area contributed by atoms with Gasteiger partial charge in [-0.05, 0) is 32.4 Å². The predicted molar refractivity (Wildman–Crippen MR) is 78.0 cm³/mol. The van der Waals surface area contributed by atoms with Gasteiger partial charge in [-0.1, -0.05) is 0 Å². The number of nitrogens with two attached hydrogens (primary N) is 1. The van der Waals surface area contributed by atoms with E-state index in [0.29, 0.717) is 0 Å². The van der Waals surface area contributed by atoms with E-state index in [1.54, 1.807) is 0 Å². The zero-order valence-electron chi connectivity index (χ0n) is 11.7. The quantitative estimate of drug-likeness (QED) is 0.862. The van der Waals surface area contributed by atoms with Crippen LogP contribution in [0.3, 0.4) is 0 Å². The van der Waals surface area contributed by atoms with Crippen LogP contribution in [0.5, 0.6) is 0 Å². The maximum atomic E-state index is 5.98. The Balaban J connectivity index is 2.02. The van der Waals surface area contributed by atoms with Gasteiger partial charge in [0.2, 0.25) is 5.95 Å². The summed E-state index contributed by atoms with van der Waals surface area (Å²) in [5.74, 6) is 0.722. The molecule has 0 fully saturated rings. The molecular formula is C14H21N5. The molecule has 0 aliphatic heterocycles. The number of anilines is 1. The van der Waals surface area contributed by atoms with Gasteiger partial charge >= 0.3 is 0 Å². The first-order chi connectivity index (χ1) is 8.96. The SMILES string of the molecule is CN(CCC(C)(C)N)c1ncc(-c2ccc[nH]2)cn1. The summed E-state index contributed by atoms with van der Waals surface area (Å²) < 4.78 is 0. The van der Waals surface area contributed by atoms with Crippen molar-refractivity contribution >= 4 is 5.95 Å². The fraction of sp³-hybridized carbons (Fsp3) is 0.429. The summed E-state index contributed by atoms with van der Waals surface area (Å²) in [6.07, 6.45) is 6.44. The van der Waals surface area contributed by atoms with E-state index < -0.39 is 0 Å². The molecule has 2 aromatic heterocycles. The number of aromatic amines is 1. The summed E-state index contributed by atoms with van der Waals surface area (Å²) in [5, 5.41) is 0. The summed E-state index contributed by atoms with van der Waals surface area (Å²) >= 11 is 0. The Morgan fingerprint density at radius 3 is 2.53 bits per heavy atom. The van der Waals surface area contributed by atoms with Gasteiger partial charge < -0.3 is 15.6 Å². The summed E-state index contributed by atoms with van der Waals surface area (Å²) in [6, 6.07) is 3.96. The molecule has 102 valence electrons. The third kappa shape index (κ3) is 3.79. The van der Waals surface area contributed by atoms with Crippen molar-refractivity contribution in [3.8, 4) is 11.3 Å². The Morgan fingerprint density at radius 2 is 2.00 bits per heavy atom. The minimum absolute atomic E-state index is 0.168. The Kier molecular flexibility index (Phi) is 3.85. The van der Waals surface area contributed by atoms with Gasteiger partial charge in [0, 0.05) is 49.0 Å². The fourth-order valence-electron chi connectivity index (χ4n) is 1.72. The first-order valence-corrected chi connectivity index (χ1v) is 6.41. The van der Waals surface area contributed by atoms with Gasteiger partial charge in [-0.2, -0.15) is 0 Å². The van der Waals surface area contributed by atoms with Gasteiger partial charge in [0.05, 0.1) is 0 Å². The largest absolute Gasteiger partial charge is 0.361 e. The van der Waals surface area contributed by atoms with Crippen LogP contribution in [-0.4, -0.2) is 34.1 Å². The number of nitrogens with one attached hydrogen (secondary N) is 1. The summed E-state index contributed by atoms with van der Waals surface area (Å²) in [6.45, 7) is 4.89. The fourth-order valence-corrected chi connectivity index (χ4v) is 1.72. The lowest BCUT2D eigenvalue weighted by Gasteiger charge is -2.23. The van der Waals surface area contributed by atoms with Crippen LogP contribution >= 0.6 is 0 Å². The van der Waals surface area contributed by atoms with Crippen LogP contribution in [0.15, 0.2) is 30.7 Å². The van der Waals surface area contributed by atoms with Crippen molar-refractivity contribution in [1.29, 1.82) is 0 Å². The summed E-state index contributed by atoms with van der Waals surface area (Å²) in [5.41, 5.74) is 7.82. The molecule has 19 heavy (non-hydrogen) atoms. The third-order valence-electron chi connectivity index (χ3n) is 2.98. The van der Waals surface area contributed by atoms with Crippen LogP contribution in [0, 0.1) is 0 Å². The molecule has 5 heteroatoms. The van der Waals surface area contributed by atoms with Crippen molar-refractivity contribution in [3.63, 3.8) is 0 Å². The highest BCUT2D eigenvalue weighted by atomic mass is 15.2. The highest BCUT2D eigenvalue weighted by Crippen LogP contribution is 2.16.